The van der Waals surface area contributed by atoms with E-state index in [0.29, 0.717) is 21.3 Å². The van der Waals surface area contributed by atoms with E-state index in [2.05, 4.69) is 15.8 Å². The molecule has 0 aliphatic rings. The molecule has 0 unspecified atom stereocenters. The van der Waals surface area contributed by atoms with Gasteiger partial charge in [-0.25, -0.2) is 5.43 Å². The minimum absolute atomic E-state index is 0.0181. The third-order valence-corrected chi connectivity index (χ3v) is 4.41. The maximum Gasteiger partial charge on any atom is 0.240 e. The van der Waals surface area contributed by atoms with Crippen molar-refractivity contribution in [2.45, 2.75) is 26.7 Å². The second-order valence-corrected chi connectivity index (χ2v) is 6.59. The second kappa shape index (κ2) is 9.36. The van der Waals surface area contributed by atoms with E-state index in [-0.39, 0.29) is 24.7 Å². The lowest BCUT2D eigenvalue weighted by Crippen LogP contribution is -2.20. The van der Waals surface area contributed by atoms with Gasteiger partial charge in [0.2, 0.25) is 11.8 Å². The topological polar surface area (TPSA) is 70.6 Å². The molecule has 0 saturated carbocycles. The summed E-state index contributed by atoms with van der Waals surface area (Å²) in [5.41, 5.74) is 5.83. The number of hydrazone groups is 1. The molecule has 0 saturated heterocycles. The van der Waals surface area contributed by atoms with Crippen LogP contribution in [0.4, 0.5) is 5.69 Å². The van der Waals surface area contributed by atoms with Crippen LogP contribution in [0.5, 0.6) is 0 Å². The molecule has 0 heterocycles. The molecule has 0 fully saturated rings. The van der Waals surface area contributed by atoms with Crippen molar-refractivity contribution < 1.29 is 9.59 Å². The molecule has 0 bridgehead atoms. The van der Waals surface area contributed by atoms with E-state index >= 15 is 0 Å². The maximum absolute atomic E-state index is 11.9. The molecule has 0 spiro atoms. The Hall–Kier alpha value is -2.37. The predicted molar refractivity (Wildman–Crippen MR) is 106 cm³/mol. The molecule has 5 nitrogen and oxygen atoms in total. The number of halogens is 2. The minimum atomic E-state index is -0.375. The molecule has 0 aliphatic heterocycles. The van der Waals surface area contributed by atoms with Crippen LogP contribution in [-0.2, 0) is 9.59 Å². The highest BCUT2D eigenvalue weighted by atomic mass is 35.5. The normalized spacial score (nSPS) is 10.8. The zero-order valence-corrected chi connectivity index (χ0v) is 16.0. The molecule has 136 valence electrons. The first kappa shape index (κ1) is 19.9. The van der Waals surface area contributed by atoms with Gasteiger partial charge < -0.3 is 5.32 Å². The summed E-state index contributed by atoms with van der Waals surface area (Å²) < 4.78 is 0. The average molecular weight is 392 g/mol. The quantitative estimate of drug-likeness (QED) is 0.562. The summed E-state index contributed by atoms with van der Waals surface area (Å²) in [6, 6.07) is 10.7. The van der Waals surface area contributed by atoms with E-state index in [4.69, 9.17) is 23.2 Å². The zero-order chi connectivity index (χ0) is 19.1. The van der Waals surface area contributed by atoms with Gasteiger partial charge in [-0.15, -0.1) is 0 Å². The van der Waals surface area contributed by atoms with Crippen LogP contribution < -0.4 is 10.7 Å². The maximum atomic E-state index is 11.9. The van der Waals surface area contributed by atoms with E-state index in [1.165, 1.54) is 6.21 Å². The number of amides is 2. The smallest absolute Gasteiger partial charge is 0.240 e. The van der Waals surface area contributed by atoms with Gasteiger partial charge in [0.05, 0.1) is 16.3 Å². The lowest BCUT2D eigenvalue weighted by molar-refractivity contribution is -0.124. The van der Waals surface area contributed by atoms with Gasteiger partial charge in [-0.3, -0.25) is 9.59 Å². The van der Waals surface area contributed by atoms with Crippen molar-refractivity contribution in [2.75, 3.05) is 5.32 Å². The molecule has 0 radical (unpaired) electrons. The number of nitrogens with zero attached hydrogens (tertiary/aromatic N) is 1. The number of benzene rings is 2. The van der Waals surface area contributed by atoms with Crippen LogP contribution in [-0.4, -0.2) is 18.0 Å². The summed E-state index contributed by atoms with van der Waals surface area (Å²) in [7, 11) is 0. The highest BCUT2D eigenvalue weighted by Crippen LogP contribution is 2.22. The number of hydrogen-bond acceptors (Lipinski definition) is 3. The summed E-state index contributed by atoms with van der Waals surface area (Å²) in [6.07, 6.45) is 1.45. The highest BCUT2D eigenvalue weighted by Gasteiger charge is 2.08. The zero-order valence-electron chi connectivity index (χ0n) is 14.5. The molecule has 0 aromatic heterocycles. The van der Waals surface area contributed by atoms with Gasteiger partial charge in [0.15, 0.2) is 0 Å². The standard InChI is InChI=1S/C19H19Cl2N3O2/c1-12-6-7-14(10-13(12)2)23-18(25)8-9-19(26)24-22-11-15-16(20)4-3-5-17(15)21/h3-7,10-11H,8-9H2,1-2H3,(H,23,25)(H,24,26). The van der Waals surface area contributed by atoms with E-state index in [0.717, 1.165) is 11.1 Å². The molecule has 2 aromatic rings. The Morgan fingerprint density at radius 2 is 1.65 bits per heavy atom. The van der Waals surface area contributed by atoms with Crippen LogP contribution in [0.15, 0.2) is 41.5 Å². The molecule has 0 atom stereocenters. The number of carbonyl (C=O) groups excluding carboxylic acids is 2. The number of aryl methyl sites for hydroxylation is 2. The van der Waals surface area contributed by atoms with Gasteiger partial charge in [-0.05, 0) is 49.2 Å². The monoisotopic (exact) mass is 391 g/mol. The largest absolute Gasteiger partial charge is 0.326 e. The lowest BCUT2D eigenvalue weighted by atomic mass is 10.1. The molecule has 2 N–H and O–H groups in total. The number of nitrogens with one attached hydrogen (secondary N) is 2. The Kier molecular flexibility index (Phi) is 7.18. The lowest BCUT2D eigenvalue weighted by Gasteiger charge is -2.07. The molecular formula is C19H19Cl2N3O2. The molecule has 2 amide bonds. The highest BCUT2D eigenvalue weighted by molar-refractivity contribution is 6.38. The first-order valence-corrected chi connectivity index (χ1v) is 8.75. The van der Waals surface area contributed by atoms with Crippen LogP contribution in [0.1, 0.15) is 29.5 Å². The Bertz CT molecular complexity index is 830. The van der Waals surface area contributed by atoms with E-state index in [9.17, 15) is 9.59 Å². The second-order valence-electron chi connectivity index (χ2n) is 5.78. The molecule has 2 rings (SSSR count). The molecule has 0 aliphatic carbocycles. The van der Waals surface area contributed by atoms with Crippen molar-refractivity contribution in [1.29, 1.82) is 0 Å². The number of hydrogen-bond donors (Lipinski definition) is 2. The van der Waals surface area contributed by atoms with Crippen molar-refractivity contribution in [3.05, 3.63) is 63.1 Å². The molecule has 26 heavy (non-hydrogen) atoms. The number of rotatable bonds is 6. The average Bonchev–Trinajstić information content (AvgIpc) is 2.59. The van der Waals surface area contributed by atoms with Gasteiger partial charge in [-0.1, -0.05) is 35.3 Å². The van der Waals surface area contributed by atoms with Crippen LogP contribution in [0.25, 0.3) is 0 Å². The van der Waals surface area contributed by atoms with Crippen LogP contribution >= 0.6 is 23.2 Å². The fourth-order valence-electron chi connectivity index (χ4n) is 2.13. The number of anilines is 1. The van der Waals surface area contributed by atoms with Gasteiger partial charge in [-0.2, -0.15) is 5.10 Å². The third-order valence-electron chi connectivity index (χ3n) is 3.75. The Labute approximate surface area is 162 Å². The molecule has 2 aromatic carbocycles. The van der Waals surface area contributed by atoms with Gasteiger partial charge in [0.1, 0.15) is 0 Å². The number of carbonyl (C=O) groups is 2. The van der Waals surface area contributed by atoms with Crippen molar-refractivity contribution in [1.82, 2.24) is 5.43 Å². The summed E-state index contributed by atoms with van der Waals surface area (Å²) in [5.74, 6) is -0.610. The van der Waals surface area contributed by atoms with Crippen LogP contribution in [0.2, 0.25) is 10.0 Å². The SMILES string of the molecule is Cc1ccc(NC(=O)CCC(=O)NN=Cc2c(Cl)cccc2Cl)cc1C. The summed E-state index contributed by atoms with van der Waals surface area (Å²) >= 11 is 12.0. The Balaban J connectivity index is 1.80. The van der Waals surface area contributed by atoms with Crippen molar-refractivity contribution in [3.63, 3.8) is 0 Å². The minimum Gasteiger partial charge on any atom is -0.326 e. The predicted octanol–water partition coefficient (Wildman–Crippen LogP) is 4.48. The van der Waals surface area contributed by atoms with E-state index < -0.39 is 0 Å². The molecule has 7 heteroatoms. The summed E-state index contributed by atoms with van der Waals surface area (Å²) in [5, 5.41) is 7.46. The van der Waals surface area contributed by atoms with Gasteiger partial charge in [0.25, 0.3) is 0 Å². The Morgan fingerprint density at radius 3 is 2.31 bits per heavy atom. The summed E-state index contributed by atoms with van der Waals surface area (Å²) in [6.45, 7) is 3.98. The van der Waals surface area contributed by atoms with Crippen molar-refractivity contribution >= 4 is 46.9 Å². The fraction of sp³-hybridized carbons (Fsp3) is 0.211. The van der Waals surface area contributed by atoms with Gasteiger partial charge in [0, 0.05) is 24.1 Å². The van der Waals surface area contributed by atoms with Crippen molar-refractivity contribution in [3.8, 4) is 0 Å². The molecular weight excluding hydrogens is 373 g/mol. The first-order valence-electron chi connectivity index (χ1n) is 8.00. The Morgan fingerprint density at radius 1 is 1.00 bits per heavy atom. The van der Waals surface area contributed by atoms with Crippen LogP contribution in [0, 0.1) is 13.8 Å². The van der Waals surface area contributed by atoms with E-state index in [1.807, 2.05) is 32.0 Å². The van der Waals surface area contributed by atoms with Crippen molar-refractivity contribution in [2.24, 2.45) is 5.10 Å². The third kappa shape index (κ3) is 5.86. The van der Waals surface area contributed by atoms with Gasteiger partial charge >= 0.3 is 0 Å². The first-order chi connectivity index (χ1) is 12.4. The summed E-state index contributed by atoms with van der Waals surface area (Å²) in [4.78, 5) is 23.7. The van der Waals surface area contributed by atoms with Crippen LogP contribution in [0.3, 0.4) is 0 Å². The fourth-order valence-corrected chi connectivity index (χ4v) is 2.62. The van der Waals surface area contributed by atoms with E-state index in [1.54, 1.807) is 18.2 Å².